The Morgan fingerprint density at radius 1 is 1.08 bits per heavy atom. The molecule has 0 saturated carbocycles. The highest BCUT2D eigenvalue weighted by molar-refractivity contribution is 6.03. The van der Waals surface area contributed by atoms with Crippen LogP contribution in [-0.4, -0.2) is 37.5 Å². The van der Waals surface area contributed by atoms with E-state index in [0.717, 1.165) is 0 Å². The van der Waals surface area contributed by atoms with Crippen LogP contribution >= 0.6 is 0 Å². The molecular formula is C19H16O7. The van der Waals surface area contributed by atoms with E-state index in [2.05, 4.69) is 4.74 Å². The fourth-order valence-electron chi connectivity index (χ4n) is 2.51. The van der Waals surface area contributed by atoms with Gasteiger partial charge in [-0.15, -0.1) is 0 Å². The van der Waals surface area contributed by atoms with Gasteiger partial charge in [0.05, 0.1) is 18.2 Å². The molecule has 1 unspecified atom stereocenters. The molecule has 1 heterocycles. The number of hydrogen-bond acceptors (Lipinski definition) is 7. The van der Waals surface area contributed by atoms with E-state index in [1.807, 2.05) is 0 Å². The van der Waals surface area contributed by atoms with Crippen molar-refractivity contribution in [3.05, 3.63) is 53.6 Å². The summed E-state index contributed by atoms with van der Waals surface area (Å²) in [6.45, 7) is 1.31. The molecule has 0 saturated heterocycles. The number of methoxy groups -OCH3 is 1. The molecule has 134 valence electrons. The number of fused-ring (bicyclic) bond motifs is 1. The Balaban J connectivity index is 1.73. The molecule has 7 nitrogen and oxygen atoms in total. The average molecular weight is 356 g/mol. The molecule has 2 aromatic carbocycles. The summed E-state index contributed by atoms with van der Waals surface area (Å²) in [6.07, 6.45) is -0.814. The molecule has 1 aliphatic rings. The summed E-state index contributed by atoms with van der Waals surface area (Å²) in [5, 5.41) is 0. The monoisotopic (exact) mass is 356 g/mol. The van der Waals surface area contributed by atoms with Crippen molar-refractivity contribution in [1.29, 1.82) is 0 Å². The predicted molar refractivity (Wildman–Crippen MR) is 89.8 cm³/mol. The Morgan fingerprint density at radius 3 is 2.42 bits per heavy atom. The predicted octanol–water partition coefficient (Wildman–Crippen LogP) is 2.42. The maximum Gasteiger partial charge on any atom is 0.337 e. The van der Waals surface area contributed by atoms with Crippen molar-refractivity contribution >= 4 is 17.7 Å². The van der Waals surface area contributed by atoms with E-state index in [4.69, 9.17) is 14.2 Å². The van der Waals surface area contributed by atoms with E-state index in [1.165, 1.54) is 32.2 Å². The summed E-state index contributed by atoms with van der Waals surface area (Å²) in [4.78, 5) is 35.0. The molecule has 0 aromatic heterocycles. The average Bonchev–Trinajstić information content (AvgIpc) is 2.63. The molecule has 7 heteroatoms. The quantitative estimate of drug-likeness (QED) is 0.614. The number of carbonyl (C=O) groups excluding carboxylic acids is 3. The van der Waals surface area contributed by atoms with E-state index >= 15 is 0 Å². The second kappa shape index (κ2) is 7.26. The van der Waals surface area contributed by atoms with Gasteiger partial charge in [-0.1, -0.05) is 0 Å². The molecule has 3 rings (SSSR count). The summed E-state index contributed by atoms with van der Waals surface area (Å²) in [7, 11) is 1.30. The molecule has 0 fully saturated rings. The van der Waals surface area contributed by atoms with Crippen molar-refractivity contribution in [2.75, 3.05) is 13.7 Å². The van der Waals surface area contributed by atoms with E-state index < -0.39 is 18.0 Å². The largest absolute Gasteiger partial charge is 0.488 e. The first-order valence-electron chi connectivity index (χ1n) is 7.82. The Hall–Kier alpha value is -3.35. The molecule has 0 N–H and O–H groups in total. The van der Waals surface area contributed by atoms with Gasteiger partial charge in [0.25, 0.3) is 0 Å². The number of Topliss-reactive ketones (excluding diaryl/α,β-unsaturated/α-hetero) is 1. The Labute approximate surface area is 149 Å². The lowest BCUT2D eigenvalue weighted by Gasteiger charge is -2.25. The minimum atomic E-state index is -0.814. The fourth-order valence-corrected chi connectivity index (χ4v) is 2.51. The van der Waals surface area contributed by atoms with Gasteiger partial charge in [0, 0.05) is 13.0 Å². The normalized spacial score (nSPS) is 15.5. The molecule has 1 atom stereocenters. The molecular weight excluding hydrogens is 340 g/mol. The summed E-state index contributed by atoms with van der Waals surface area (Å²) < 4.78 is 20.9. The van der Waals surface area contributed by atoms with E-state index in [-0.39, 0.29) is 12.4 Å². The van der Waals surface area contributed by atoms with Gasteiger partial charge in [-0.25, -0.2) is 4.79 Å². The number of benzene rings is 2. The third-order valence-electron chi connectivity index (χ3n) is 3.72. The first-order chi connectivity index (χ1) is 12.5. The Morgan fingerprint density at radius 2 is 1.77 bits per heavy atom. The van der Waals surface area contributed by atoms with Gasteiger partial charge < -0.3 is 18.9 Å². The molecule has 26 heavy (non-hydrogen) atoms. The zero-order chi connectivity index (χ0) is 18.7. The lowest BCUT2D eigenvalue weighted by molar-refractivity contribution is -0.131. The van der Waals surface area contributed by atoms with Crippen LogP contribution in [-0.2, 0) is 9.53 Å². The summed E-state index contributed by atoms with van der Waals surface area (Å²) in [5.74, 6) is -0.0662. The van der Waals surface area contributed by atoms with Gasteiger partial charge in [0.1, 0.15) is 23.9 Å². The Bertz CT molecular complexity index is 855. The second-order valence-electron chi connectivity index (χ2n) is 5.55. The number of ketones is 1. The van der Waals surface area contributed by atoms with Crippen molar-refractivity contribution in [3.63, 3.8) is 0 Å². The number of carbonyl (C=O) groups is 3. The van der Waals surface area contributed by atoms with E-state index in [1.54, 1.807) is 24.3 Å². The lowest BCUT2D eigenvalue weighted by atomic mass is 10.0. The first kappa shape index (κ1) is 17.5. The van der Waals surface area contributed by atoms with Gasteiger partial charge in [-0.05, 0) is 36.4 Å². The highest BCUT2D eigenvalue weighted by atomic mass is 16.5. The van der Waals surface area contributed by atoms with E-state index in [0.29, 0.717) is 28.4 Å². The third-order valence-corrected chi connectivity index (χ3v) is 3.72. The lowest BCUT2D eigenvalue weighted by Crippen LogP contribution is -2.37. The molecule has 0 spiro atoms. The fraction of sp³-hybridized carbons (Fsp3) is 0.211. The van der Waals surface area contributed by atoms with Crippen LogP contribution in [0.4, 0.5) is 0 Å². The van der Waals surface area contributed by atoms with E-state index in [9.17, 15) is 14.4 Å². The van der Waals surface area contributed by atoms with Gasteiger partial charge in [0.15, 0.2) is 6.10 Å². The SMILES string of the molecule is COC(=O)c1ccc(OC2COc3cc(OC(C)=O)ccc3C2=O)cc1. The molecule has 1 aliphatic heterocycles. The Kier molecular flexibility index (Phi) is 4.88. The third kappa shape index (κ3) is 3.66. The van der Waals surface area contributed by atoms with Crippen molar-refractivity contribution in [2.45, 2.75) is 13.0 Å². The molecule has 0 aliphatic carbocycles. The molecule has 0 amide bonds. The number of ether oxygens (including phenoxy) is 4. The minimum Gasteiger partial charge on any atom is -0.488 e. The molecule has 0 radical (unpaired) electrons. The van der Waals surface area contributed by atoms with Crippen LogP contribution < -0.4 is 14.2 Å². The topological polar surface area (TPSA) is 88.1 Å². The highest BCUT2D eigenvalue weighted by Crippen LogP contribution is 2.30. The van der Waals surface area contributed by atoms with Crippen molar-refractivity contribution in [1.82, 2.24) is 0 Å². The summed E-state index contributed by atoms with van der Waals surface area (Å²) >= 11 is 0. The number of hydrogen-bond donors (Lipinski definition) is 0. The number of esters is 2. The second-order valence-corrected chi connectivity index (χ2v) is 5.55. The van der Waals surface area contributed by atoms with Crippen molar-refractivity contribution < 1.29 is 33.3 Å². The van der Waals surface area contributed by atoms with Crippen LogP contribution in [0.2, 0.25) is 0 Å². The molecule has 2 aromatic rings. The zero-order valence-electron chi connectivity index (χ0n) is 14.2. The maximum absolute atomic E-state index is 12.6. The summed E-state index contributed by atoms with van der Waals surface area (Å²) in [6, 6.07) is 10.8. The van der Waals surface area contributed by atoms with Gasteiger partial charge in [0.2, 0.25) is 5.78 Å². The van der Waals surface area contributed by atoms with Crippen molar-refractivity contribution in [3.8, 4) is 17.2 Å². The van der Waals surface area contributed by atoms with Gasteiger partial charge >= 0.3 is 11.9 Å². The summed E-state index contributed by atoms with van der Waals surface area (Å²) in [5.41, 5.74) is 0.734. The number of rotatable bonds is 4. The first-order valence-corrected chi connectivity index (χ1v) is 7.82. The van der Waals surface area contributed by atoms with Crippen LogP contribution in [0, 0.1) is 0 Å². The van der Waals surface area contributed by atoms with Crippen LogP contribution in [0.1, 0.15) is 27.6 Å². The van der Waals surface area contributed by atoms with Gasteiger partial charge in [-0.3, -0.25) is 9.59 Å². The van der Waals surface area contributed by atoms with Crippen molar-refractivity contribution in [2.24, 2.45) is 0 Å². The zero-order valence-corrected chi connectivity index (χ0v) is 14.2. The minimum absolute atomic E-state index is 0.0219. The van der Waals surface area contributed by atoms with Crippen LogP contribution in [0.3, 0.4) is 0 Å². The van der Waals surface area contributed by atoms with Gasteiger partial charge in [-0.2, -0.15) is 0 Å². The highest BCUT2D eigenvalue weighted by Gasteiger charge is 2.31. The maximum atomic E-state index is 12.6. The smallest absolute Gasteiger partial charge is 0.337 e. The standard InChI is InChI=1S/C19H16O7/c1-11(20)25-14-7-8-15-16(9-14)24-10-17(18(15)21)26-13-5-3-12(4-6-13)19(22)23-2/h3-9,17H,10H2,1-2H3. The van der Waals surface area contributed by atoms with Crippen LogP contribution in [0.25, 0.3) is 0 Å². The van der Waals surface area contributed by atoms with Crippen LogP contribution in [0.5, 0.6) is 17.2 Å². The molecule has 0 bridgehead atoms. The van der Waals surface area contributed by atoms with Crippen LogP contribution in [0.15, 0.2) is 42.5 Å².